The molecule has 1 unspecified atom stereocenters. The molecule has 0 aliphatic rings. The lowest BCUT2D eigenvalue weighted by Crippen LogP contribution is -2.39. The van der Waals surface area contributed by atoms with Gasteiger partial charge in [-0.05, 0) is 25.5 Å². The van der Waals surface area contributed by atoms with Crippen molar-refractivity contribution in [3.63, 3.8) is 0 Å². The normalized spacial score (nSPS) is 11.9. The number of unbranched alkanes of at least 4 members (excludes halogenated alkanes) is 1. The van der Waals surface area contributed by atoms with Gasteiger partial charge >= 0.3 is 5.97 Å². The van der Waals surface area contributed by atoms with Crippen LogP contribution in [0.2, 0.25) is 0 Å². The molecule has 1 atom stereocenters. The molecule has 5 nitrogen and oxygen atoms in total. The lowest BCUT2D eigenvalue weighted by Gasteiger charge is -2.12. The van der Waals surface area contributed by atoms with Crippen molar-refractivity contribution in [3.8, 4) is 0 Å². The number of nitrogens with one attached hydrogen (secondary N) is 1. The second kappa shape index (κ2) is 6.73. The minimum Gasteiger partial charge on any atom is -0.464 e. The van der Waals surface area contributed by atoms with Crippen molar-refractivity contribution >= 4 is 11.9 Å². The molecule has 0 spiro atoms. The number of hydrogen-bond donors (Lipinski definition) is 1. The molecule has 0 bridgehead atoms. The first-order chi connectivity index (χ1) is 8.15. The van der Waals surface area contributed by atoms with Gasteiger partial charge in [0.25, 0.3) is 5.91 Å². The van der Waals surface area contributed by atoms with Gasteiger partial charge in [-0.1, -0.05) is 13.3 Å². The molecule has 1 amide bonds. The predicted molar refractivity (Wildman–Crippen MR) is 61.5 cm³/mol. The lowest BCUT2D eigenvalue weighted by molar-refractivity contribution is -0.145. The third kappa shape index (κ3) is 4.30. The zero-order valence-electron chi connectivity index (χ0n) is 10.1. The molecule has 1 aromatic heterocycles. The molecule has 0 aliphatic heterocycles. The standard InChI is InChI=1S/C12H17NO4/c1-3-4-7-17-12(15)9(2)13-11(14)10-6-5-8-16-10/h5-6,8-9H,3-4,7H2,1-2H3,(H,13,14). The van der Waals surface area contributed by atoms with Gasteiger partial charge in [-0.25, -0.2) is 4.79 Å². The summed E-state index contributed by atoms with van der Waals surface area (Å²) in [4.78, 5) is 23.0. The minimum atomic E-state index is -0.676. The Morgan fingerprint density at radius 1 is 1.53 bits per heavy atom. The smallest absolute Gasteiger partial charge is 0.328 e. The fourth-order valence-corrected chi connectivity index (χ4v) is 1.18. The highest BCUT2D eigenvalue weighted by Crippen LogP contribution is 2.01. The van der Waals surface area contributed by atoms with Crippen LogP contribution in [-0.2, 0) is 9.53 Å². The first-order valence-corrected chi connectivity index (χ1v) is 5.66. The van der Waals surface area contributed by atoms with Crippen molar-refractivity contribution in [1.29, 1.82) is 0 Å². The third-order valence-corrected chi connectivity index (χ3v) is 2.19. The van der Waals surface area contributed by atoms with E-state index in [0.717, 1.165) is 12.8 Å². The summed E-state index contributed by atoms with van der Waals surface area (Å²) < 4.78 is 9.89. The van der Waals surface area contributed by atoms with Crippen molar-refractivity contribution in [2.75, 3.05) is 6.61 Å². The summed E-state index contributed by atoms with van der Waals surface area (Å²) >= 11 is 0. The molecule has 1 N–H and O–H groups in total. The van der Waals surface area contributed by atoms with Crippen molar-refractivity contribution in [2.45, 2.75) is 32.7 Å². The van der Waals surface area contributed by atoms with E-state index < -0.39 is 17.9 Å². The molecule has 5 heteroatoms. The Kier molecular flexibility index (Phi) is 5.26. The van der Waals surface area contributed by atoms with E-state index in [1.54, 1.807) is 13.0 Å². The monoisotopic (exact) mass is 239 g/mol. The summed E-state index contributed by atoms with van der Waals surface area (Å²) in [6, 6.07) is 2.47. The summed E-state index contributed by atoms with van der Waals surface area (Å²) in [5.74, 6) is -0.675. The van der Waals surface area contributed by atoms with Crippen molar-refractivity contribution in [1.82, 2.24) is 5.32 Å². The van der Waals surface area contributed by atoms with E-state index in [1.807, 2.05) is 6.92 Å². The second-order valence-corrected chi connectivity index (χ2v) is 3.69. The molecule has 0 aromatic carbocycles. The van der Waals surface area contributed by atoms with Gasteiger partial charge in [-0.3, -0.25) is 4.79 Å². The average Bonchev–Trinajstić information content (AvgIpc) is 2.82. The van der Waals surface area contributed by atoms with Crippen LogP contribution in [0, 0.1) is 0 Å². The van der Waals surface area contributed by atoms with Crippen LogP contribution in [-0.4, -0.2) is 24.5 Å². The topological polar surface area (TPSA) is 68.5 Å². The predicted octanol–water partition coefficient (Wildman–Crippen LogP) is 1.74. The zero-order valence-corrected chi connectivity index (χ0v) is 10.1. The van der Waals surface area contributed by atoms with Gasteiger partial charge < -0.3 is 14.5 Å². The number of furan rings is 1. The van der Waals surface area contributed by atoms with Crippen LogP contribution in [0.4, 0.5) is 0 Å². The van der Waals surface area contributed by atoms with Crippen molar-refractivity contribution < 1.29 is 18.7 Å². The Labute approximate surface area is 100 Å². The molecule has 0 fully saturated rings. The fourth-order valence-electron chi connectivity index (χ4n) is 1.18. The summed E-state index contributed by atoms with van der Waals surface area (Å²) in [7, 11) is 0. The number of amides is 1. The summed E-state index contributed by atoms with van der Waals surface area (Å²) in [6.07, 6.45) is 3.18. The number of rotatable bonds is 6. The Morgan fingerprint density at radius 2 is 2.29 bits per heavy atom. The molecule has 0 saturated heterocycles. The Balaban J connectivity index is 2.35. The molecule has 0 aliphatic carbocycles. The van der Waals surface area contributed by atoms with E-state index >= 15 is 0 Å². The number of carbonyl (C=O) groups is 2. The molecule has 0 saturated carbocycles. The maximum atomic E-state index is 11.5. The lowest BCUT2D eigenvalue weighted by atomic mass is 10.3. The summed E-state index contributed by atoms with van der Waals surface area (Å²) in [5, 5.41) is 2.50. The van der Waals surface area contributed by atoms with Crippen LogP contribution in [0.3, 0.4) is 0 Å². The Hall–Kier alpha value is -1.78. The van der Waals surface area contributed by atoms with Crippen LogP contribution in [0.1, 0.15) is 37.2 Å². The molecule has 0 radical (unpaired) electrons. The fraction of sp³-hybridized carbons (Fsp3) is 0.500. The Bertz CT molecular complexity index is 359. The van der Waals surface area contributed by atoms with Gasteiger partial charge in [-0.2, -0.15) is 0 Å². The van der Waals surface area contributed by atoms with E-state index in [-0.39, 0.29) is 5.76 Å². The number of ether oxygens (including phenoxy) is 1. The van der Waals surface area contributed by atoms with Crippen molar-refractivity contribution in [3.05, 3.63) is 24.2 Å². The highest BCUT2D eigenvalue weighted by Gasteiger charge is 2.18. The number of hydrogen-bond acceptors (Lipinski definition) is 4. The largest absolute Gasteiger partial charge is 0.464 e. The van der Waals surface area contributed by atoms with Gasteiger partial charge in [-0.15, -0.1) is 0 Å². The molecule has 1 aromatic rings. The summed E-state index contributed by atoms with van der Waals surface area (Å²) in [5.41, 5.74) is 0. The maximum absolute atomic E-state index is 11.5. The maximum Gasteiger partial charge on any atom is 0.328 e. The highest BCUT2D eigenvalue weighted by molar-refractivity contribution is 5.94. The average molecular weight is 239 g/mol. The molecule has 1 rings (SSSR count). The minimum absolute atomic E-state index is 0.179. The number of carbonyl (C=O) groups excluding carboxylic acids is 2. The van der Waals surface area contributed by atoms with Gasteiger partial charge in [0, 0.05) is 0 Å². The quantitative estimate of drug-likeness (QED) is 0.606. The molecule has 17 heavy (non-hydrogen) atoms. The SMILES string of the molecule is CCCCOC(=O)C(C)NC(=O)c1ccco1. The summed E-state index contributed by atoms with van der Waals surface area (Å²) in [6.45, 7) is 3.97. The van der Waals surface area contributed by atoms with Gasteiger partial charge in [0.15, 0.2) is 5.76 Å². The van der Waals surface area contributed by atoms with Crippen LogP contribution in [0.5, 0.6) is 0 Å². The molecular weight excluding hydrogens is 222 g/mol. The third-order valence-electron chi connectivity index (χ3n) is 2.19. The molecule has 1 heterocycles. The molecular formula is C12H17NO4. The van der Waals surface area contributed by atoms with E-state index in [1.165, 1.54) is 12.3 Å². The van der Waals surface area contributed by atoms with E-state index in [2.05, 4.69) is 5.32 Å². The highest BCUT2D eigenvalue weighted by atomic mass is 16.5. The second-order valence-electron chi connectivity index (χ2n) is 3.69. The van der Waals surface area contributed by atoms with Crippen molar-refractivity contribution in [2.24, 2.45) is 0 Å². The van der Waals surface area contributed by atoms with Crippen LogP contribution < -0.4 is 5.32 Å². The first-order valence-electron chi connectivity index (χ1n) is 5.66. The Morgan fingerprint density at radius 3 is 2.88 bits per heavy atom. The van der Waals surface area contributed by atoms with Crippen LogP contribution in [0.25, 0.3) is 0 Å². The van der Waals surface area contributed by atoms with Gasteiger partial charge in [0.1, 0.15) is 6.04 Å². The van der Waals surface area contributed by atoms with Crippen LogP contribution >= 0.6 is 0 Å². The zero-order chi connectivity index (χ0) is 12.7. The first kappa shape index (κ1) is 13.3. The number of esters is 1. The van der Waals surface area contributed by atoms with Gasteiger partial charge in [0.2, 0.25) is 0 Å². The van der Waals surface area contributed by atoms with E-state index in [4.69, 9.17) is 9.15 Å². The van der Waals surface area contributed by atoms with Gasteiger partial charge in [0.05, 0.1) is 12.9 Å². The molecule has 94 valence electrons. The van der Waals surface area contributed by atoms with E-state index in [9.17, 15) is 9.59 Å². The van der Waals surface area contributed by atoms with Crippen LogP contribution in [0.15, 0.2) is 22.8 Å². The van der Waals surface area contributed by atoms with E-state index in [0.29, 0.717) is 6.61 Å².